The van der Waals surface area contributed by atoms with E-state index < -0.39 is 5.97 Å². The molecule has 1 aromatic carbocycles. The summed E-state index contributed by atoms with van der Waals surface area (Å²) in [5.41, 5.74) is 2.66. The summed E-state index contributed by atoms with van der Waals surface area (Å²) in [5.74, 6) is 0.321. The first-order valence-corrected chi connectivity index (χ1v) is 8.36. The van der Waals surface area contributed by atoms with Gasteiger partial charge in [-0.3, -0.25) is 14.0 Å². The van der Waals surface area contributed by atoms with Crippen molar-refractivity contribution in [3.05, 3.63) is 75.8 Å². The van der Waals surface area contributed by atoms with E-state index in [1.54, 1.807) is 6.07 Å². The SMILES string of the molecule is Cc1cccc(OCCC(=O)OCc2cc(=O)n3c(C)cccc3n2)c1. The van der Waals surface area contributed by atoms with Crippen LogP contribution < -0.4 is 10.3 Å². The first-order chi connectivity index (χ1) is 12.5. The Labute approximate surface area is 151 Å². The molecule has 0 aliphatic heterocycles. The fourth-order valence-corrected chi connectivity index (χ4v) is 2.62. The molecule has 0 saturated heterocycles. The summed E-state index contributed by atoms with van der Waals surface area (Å²) in [5, 5.41) is 0. The third-order valence-electron chi connectivity index (χ3n) is 3.88. The number of carbonyl (C=O) groups excluding carboxylic acids is 1. The van der Waals surface area contributed by atoms with Gasteiger partial charge in [-0.15, -0.1) is 0 Å². The van der Waals surface area contributed by atoms with Gasteiger partial charge in [-0.2, -0.15) is 0 Å². The summed E-state index contributed by atoms with van der Waals surface area (Å²) >= 11 is 0. The van der Waals surface area contributed by atoms with Crippen molar-refractivity contribution in [1.82, 2.24) is 9.38 Å². The molecule has 0 unspecified atom stereocenters. The van der Waals surface area contributed by atoms with Crippen molar-refractivity contribution in [3.8, 4) is 5.75 Å². The van der Waals surface area contributed by atoms with Crippen LogP contribution >= 0.6 is 0 Å². The van der Waals surface area contributed by atoms with E-state index in [9.17, 15) is 9.59 Å². The van der Waals surface area contributed by atoms with Crippen LogP contribution in [0.5, 0.6) is 5.75 Å². The van der Waals surface area contributed by atoms with E-state index in [1.165, 1.54) is 10.5 Å². The smallest absolute Gasteiger partial charge is 0.309 e. The molecule has 0 radical (unpaired) electrons. The average molecular weight is 352 g/mol. The molecule has 0 bridgehead atoms. The van der Waals surface area contributed by atoms with Crippen LogP contribution in [-0.2, 0) is 16.1 Å². The zero-order valence-electron chi connectivity index (χ0n) is 14.8. The Hall–Kier alpha value is -3.15. The van der Waals surface area contributed by atoms with Gasteiger partial charge < -0.3 is 9.47 Å². The minimum Gasteiger partial charge on any atom is -0.493 e. The summed E-state index contributed by atoms with van der Waals surface area (Å²) in [6, 6.07) is 14.4. The molecule has 0 saturated carbocycles. The molecule has 3 rings (SSSR count). The van der Waals surface area contributed by atoms with Gasteiger partial charge in [-0.25, -0.2) is 4.98 Å². The average Bonchev–Trinajstić information content (AvgIpc) is 2.60. The van der Waals surface area contributed by atoms with Gasteiger partial charge in [-0.1, -0.05) is 18.2 Å². The summed E-state index contributed by atoms with van der Waals surface area (Å²) in [4.78, 5) is 28.4. The number of nitrogens with zero attached hydrogens (tertiary/aromatic N) is 2. The molecular formula is C20H20N2O4. The number of ether oxygens (including phenoxy) is 2. The van der Waals surface area contributed by atoms with Crippen molar-refractivity contribution in [2.24, 2.45) is 0 Å². The predicted octanol–water partition coefficient (Wildman–Crippen LogP) is 2.82. The summed E-state index contributed by atoms with van der Waals surface area (Å²) in [7, 11) is 0. The minimum atomic E-state index is -0.399. The van der Waals surface area contributed by atoms with Gasteiger partial charge in [0.15, 0.2) is 0 Å². The number of aryl methyl sites for hydroxylation is 2. The van der Waals surface area contributed by atoms with Crippen molar-refractivity contribution >= 4 is 11.6 Å². The van der Waals surface area contributed by atoms with Crippen molar-refractivity contribution < 1.29 is 14.3 Å². The third-order valence-corrected chi connectivity index (χ3v) is 3.88. The van der Waals surface area contributed by atoms with Crippen molar-refractivity contribution in [2.75, 3.05) is 6.61 Å². The molecular weight excluding hydrogens is 332 g/mol. The maximum absolute atomic E-state index is 12.2. The van der Waals surface area contributed by atoms with Crippen LogP contribution in [0.15, 0.2) is 53.3 Å². The Morgan fingerprint density at radius 1 is 1.12 bits per heavy atom. The van der Waals surface area contributed by atoms with Crippen LogP contribution in [0.4, 0.5) is 0 Å². The number of hydrogen-bond donors (Lipinski definition) is 0. The number of esters is 1. The predicted molar refractivity (Wildman–Crippen MR) is 97.3 cm³/mol. The van der Waals surface area contributed by atoms with Crippen LogP contribution in [-0.4, -0.2) is 22.0 Å². The van der Waals surface area contributed by atoms with E-state index in [0.29, 0.717) is 11.3 Å². The monoisotopic (exact) mass is 352 g/mol. The van der Waals surface area contributed by atoms with Gasteiger partial charge >= 0.3 is 5.97 Å². The highest BCUT2D eigenvalue weighted by Crippen LogP contribution is 2.12. The van der Waals surface area contributed by atoms with Crippen molar-refractivity contribution in [3.63, 3.8) is 0 Å². The second-order valence-electron chi connectivity index (χ2n) is 6.02. The van der Waals surface area contributed by atoms with E-state index in [1.807, 2.05) is 50.2 Å². The Balaban J connectivity index is 1.54. The lowest BCUT2D eigenvalue weighted by atomic mass is 10.2. The van der Waals surface area contributed by atoms with Crippen LogP contribution in [0.2, 0.25) is 0 Å². The maximum Gasteiger partial charge on any atom is 0.309 e. The van der Waals surface area contributed by atoms with Gasteiger partial charge in [0.2, 0.25) is 0 Å². The van der Waals surface area contributed by atoms with Gasteiger partial charge in [0.25, 0.3) is 5.56 Å². The second kappa shape index (κ2) is 7.82. The highest BCUT2D eigenvalue weighted by atomic mass is 16.5. The lowest BCUT2D eigenvalue weighted by molar-refractivity contribution is -0.145. The fraction of sp³-hybridized carbons (Fsp3) is 0.250. The largest absolute Gasteiger partial charge is 0.493 e. The molecule has 26 heavy (non-hydrogen) atoms. The summed E-state index contributed by atoms with van der Waals surface area (Å²) in [6.45, 7) is 4.00. The Morgan fingerprint density at radius 2 is 1.92 bits per heavy atom. The summed E-state index contributed by atoms with van der Waals surface area (Å²) < 4.78 is 12.2. The molecule has 134 valence electrons. The zero-order valence-corrected chi connectivity index (χ0v) is 14.8. The van der Waals surface area contributed by atoms with E-state index in [2.05, 4.69) is 4.98 Å². The molecule has 2 heterocycles. The molecule has 3 aromatic rings. The third kappa shape index (κ3) is 4.27. The van der Waals surface area contributed by atoms with Gasteiger partial charge in [0, 0.05) is 11.8 Å². The van der Waals surface area contributed by atoms with E-state index in [4.69, 9.17) is 9.47 Å². The molecule has 0 aliphatic carbocycles. The molecule has 6 nitrogen and oxygen atoms in total. The van der Waals surface area contributed by atoms with Crippen molar-refractivity contribution in [2.45, 2.75) is 26.9 Å². The van der Waals surface area contributed by atoms with Crippen LogP contribution in [0.1, 0.15) is 23.4 Å². The normalized spacial score (nSPS) is 10.7. The van der Waals surface area contributed by atoms with Crippen LogP contribution in [0.25, 0.3) is 5.65 Å². The lowest BCUT2D eigenvalue weighted by Crippen LogP contribution is -2.18. The van der Waals surface area contributed by atoms with E-state index >= 15 is 0 Å². The number of benzene rings is 1. The number of pyridine rings is 1. The van der Waals surface area contributed by atoms with Crippen molar-refractivity contribution in [1.29, 1.82) is 0 Å². The number of fused-ring (bicyclic) bond motifs is 1. The molecule has 0 N–H and O–H groups in total. The molecule has 2 aromatic heterocycles. The Kier molecular flexibility index (Phi) is 5.31. The lowest BCUT2D eigenvalue weighted by Gasteiger charge is -2.08. The second-order valence-corrected chi connectivity index (χ2v) is 6.02. The highest BCUT2D eigenvalue weighted by molar-refractivity contribution is 5.69. The molecule has 0 amide bonds. The number of carbonyl (C=O) groups is 1. The number of aromatic nitrogens is 2. The topological polar surface area (TPSA) is 69.9 Å². The summed E-state index contributed by atoms with van der Waals surface area (Å²) in [6.07, 6.45) is 0.125. The standard InChI is InChI=1S/C20H20N2O4/c1-14-5-3-7-17(11-14)25-10-9-20(24)26-13-16-12-19(23)22-15(2)6-4-8-18(22)21-16/h3-8,11-12H,9-10,13H2,1-2H3. The highest BCUT2D eigenvalue weighted by Gasteiger charge is 2.08. The first-order valence-electron chi connectivity index (χ1n) is 8.36. The quantitative estimate of drug-likeness (QED) is 0.638. The van der Waals surface area contributed by atoms with Crippen LogP contribution in [0.3, 0.4) is 0 Å². The van der Waals surface area contributed by atoms with Gasteiger partial charge in [0.1, 0.15) is 18.0 Å². The number of rotatable bonds is 6. The van der Waals surface area contributed by atoms with Crippen LogP contribution in [0, 0.1) is 13.8 Å². The van der Waals surface area contributed by atoms with Gasteiger partial charge in [-0.05, 0) is 43.7 Å². The van der Waals surface area contributed by atoms with E-state index in [-0.39, 0.29) is 25.2 Å². The Bertz CT molecular complexity index is 995. The molecule has 0 fully saturated rings. The number of hydrogen-bond acceptors (Lipinski definition) is 5. The molecule has 0 aliphatic rings. The molecule has 0 spiro atoms. The minimum absolute atomic E-state index is 0.0387. The molecule has 6 heteroatoms. The molecule has 0 atom stereocenters. The zero-order chi connectivity index (χ0) is 18.5. The van der Waals surface area contributed by atoms with E-state index in [0.717, 1.165) is 17.0 Å². The maximum atomic E-state index is 12.2. The Morgan fingerprint density at radius 3 is 2.73 bits per heavy atom. The fourth-order valence-electron chi connectivity index (χ4n) is 2.62. The van der Waals surface area contributed by atoms with Gasteiger partial charge in [0.05, 0.1) is 18.7 Å². The first kappa shape index (κ1) is 17.7.